The highest BCUT2D eigenvalue weighted by molar-refractivity contribution is 6.35. The molecular formula is C21H28ClN5O3. The Hall–Kier alpha value is -2.32. The normalized spacial score (nSPS) is 20.1. The fraction of sp³-hybridized carbons (Fsp3) is 0.571. The maximum Gasteiger partial charge on any atom is 0.410 e. The van der Waals surface area contributed by atoms with Crippen LogP contribution >= 0.6 is 11.6 Å². The lowest BCUT2D eigenvalue weighted by atomic mass is 10.2. The Kier molecular flexibility index (Phi) is 5.63. The summed E-state index contributed by atoms with van der Waals surface area (Å²) >= 11 is 6.35. The number of fused-ring (bicyclic) bond motifs is 1. The number of carbonyl (C=O) groups excluding carboxylic acids is 1. The summed E-state index contributed by atoms with van der Waals surface area (Å²) in [6, 6.07) is 5.37. The van der Waals surface area contributed by atoms with Gasteiger partial charge in [-0.15, -0.1) is 0 Å². The van der Waals surface area contributed by atoms with Gasteiger partial charge in [0, 0.05) is 13.1 Å². The molecule has 0 bridgehead atoms. The highest BCUT2D eigenvalue weighted by Crippen LogP contribution is 2.25. The van der Waals surface area contributed by atoms with Crippen LogP contribution in [0.3, 0.4) is 0 Å². The maximum atomic E-state index is 13.5. The summed E-state index contributed by atoms with van der Waals surface area (Å²) in [6.45, 7) is 8.43. The Morgan fingerprint density at radius 1 is 1.23 bits per heavy atom. The second-order valence-corrected chi connectivity index (χ2v) is 9.20. The van der Waals surface area contributed by atoms with Crippen molar-refractivity contribution in [1.29, 1.82) is 0 Å². The van der Waals surface area contributed by atoms with Crippen LogP contribution in [0.5, 0.6) is 0 Å². The first-order valence-electron chi connectivity index (χ1n) is 10.4. The number of nitrogens with zero attached hydrogens (tertiary/aromatic N) is 4. The number of benzene rings is 1. The summed E-state index contributed by atoms with van der Waals surface area (Å²) < 4.78 is 7.15. The number of halogens is 1. The molecule has 2 fully saturated rings. The number of piperazine rings is 1. The van der Waals surface area contributed by atoms with Crippen LogP contribution in [0.25, 0.3) is 10.9 Å². The van der Waals surface area contributed by atoms with Gasteiger partial charge in [-0.2, -0.15) is 0 Å². The third-order valence-corrected chi connectivity index (χ3v) is 5.73. The van der Waals surface area contributed by atoms with Gasteiger partial charge in [-0.1, -0.05) is 17.7 Å². The third-order valence-electron chi connectivity index (χ3n) is 5.41. The minimum absolute atomic E-state index is 0.0185. The SMILES string of the molecule is CC(C)(C)OC(=O)N1CCN(n2c([C@@H]3CCCN3)nc3cccc(Cl)c3c2=O)CC1. The van der Waals surface area contributed by atoms with Crippen molar-refractivity contribution in [3.8, 4) is 0 Å². The Labute approximate surface area is 180 Å². The lowest BCUT2D eigenvalue weighted by molar-refractivity contribution is 0.0231. The van der Waals surface area contributed by atoms with Gasteiger partial charge in [-0.3, -0.25) is 4.79 Å². The minimum Gasteiger partial charge on any atom is -0.444 e. The Morgan fingerprint density at radius 3 is 2.60 bits per heavy atom. The van der Waals surface area contributed by atoms with E-state index in [0.29, 0.717) is 47.9 Å². The van der Waals surface area contributed by atoms with Crippen molar-refractivity contribution in [3.05, 3.63) is 39.4 Å². The number of hydrogen-bond acceptors (Lipinski definition) is 6. The molecule has 3 heterocycles. The van der Waals surface area contributed by atoms with E-state index in [9.17, 15) is 9.59 Å². The summed E-state index contributed by atoms with van der Waals surface area (Å²) in [5, 5.41) is 6.24. The molecule has 9 heteroatoms. The quantitative estimate of drug-likeness (QED) is 0.784. The van der Waals surface area contributed by atoms with Gasteiger partial charge >= 0.3 is 6.09 Å². The summed E-state index contributed by atoms with van der Waals surface area (Å²) in [5.74, 6) is 0.706. The molecule has 0 saturated carbocycles. The number of ether oxygens (including phenoxy) is 1. The molecule has 1 N–H and O–H groups in total. The zero-order chi connectivity index (χ0) is 21.5. The van der Waals surface area contributed by atoms with E-state index in [1.54, 1.807) is 15.6 Å². The second kappa shape index (κ2) is 8.07. The van der Waals surface area contributed by atoms with Gasteiger partial charge < -0.3 is 20.0 Å². The number of amides is 1. The highest BCUT2D eigenvalue weighted by Gasteiger charge is 2.30. The van der Waals surface area contributed by atoms with Crippen molar-refractivity contribution in [2.75, 3.05) is 37.7 Å². The van der Waals surface area contributed by atoms with Crippen molar-refractivity contribution in [2.45, 2.75) is 45.3 Å². The molecule has 4 rings (SSSR count). The van der Waals surface area contributed by atoms with E-state index < -0.39 is 5.60 Å². The number of rotatable bonds is 2. The summed E-state index contributed by atoms with van der Waals surface area (Å²) in [7, 11) is 0. The van der Waals surface area contributed by atoms with Crippen molar-refractivity contribution < 1.29 is 9.53 Å². The molecule has 0 radical (unpaired) electrons. The number of hydrogen-bond donors (Lipinski definition) is 1. The van der Waals surface area contributed by atoms with Gasteiger partial charge in [0.15, 0.2) is 0 Å². The van der Waals surface area contributed by atoms with E-state index >= 15 is 0 Å². The standard InChI is InChI=1S/C21H28ClN5O3/c1-21(2,3)30-20(29)25-10-12-26(13-11-25)27-18(16-8-5-9-23-16)24-15-7-4-6-14(22)17(15)19(27)28/h4,6-7,16,23H,5,8-13H2,1-3H3/t16-/m0/s1. The predicted octanol–water partition coefficient (Wildman–Crippen LogP) is 2.66. The molecule has 162 valence electrons. The average Bonchev–Trinajstić information content (AvgIpc) is 3.21. The zero-order valence-corrected chi connectivity index (χ0v) is 18.4. The highest BCUT2D eigenvalue weighted by atomic mass is 35.5. The average molecular weight is 434 g/mol. The molecular weight excluding hydrogens is 406 g/mol. The first-order valence-corrected chi connectivity index (χ1v) is 10.8. The van der Waals surface area contributed by atoms with E-state index in [0.717, 1.165) is 19.4 Å². The first-order chi connectivity index (χ1) is 14.2. The van der Waals surface area contributed by atoms with Crippen LogP contribution < -0.4 is 15.9 Å². The molecule has 0 aliphatic carbocycles. The monoisotopic (exact) mass is 433 g/mol. The summed E-state index contributed by atoms with van der Waals surface area (Å²) in [4.78, 5) is 32.4. The molecule has 1 atom stereocenters. The lowest BCUT2D eigenvalue weighted by Crippen LogP contribution is -2.57. The van der Waals surface area contributed by atoms with Gasteiger partial charge in [0.05, 0.1) is 35.1 Å². The molecule has 1 aromatic carbocycles. The van der Waals surface area contributed by atoms with E-state index in [-0.39, 0.29) is 17.7 Å². The van der Waals surface area contributed by atoms with Gasteiger partial charge in [0.1, 0.15) is 11.4 Å². The van der Waals surface area contributed by atoms with Gasteiger partial charge in [0.2, 0.25) is 0 Å². The van der Waals surface area contributed by atoms with Crippen molar-refractivity contribution in [3.63, 3.8) is 0 Å². The second-order valence-electron chi connectivity index (χ2n) is 8.79. The van der Waals surface area contributed by atoms with Crippen molar-refractivity contribution in [1.82, 2.24) is 19.9 Å². The number of carbonyl (C=O) groups is 1. The predicted molar refractivity (Wildman–Crippen MR) is 117 cm³/mol. The molecule has 0 unspecified atom stereocenters. The van der Waals surface area contributed by atoms with Crippen molar-refractivity contribution >= 4 is 28.6 Å². The van der Waals surface area contributed by atoms with Crippen LogP contribution in [0.1, 0.15) is 45.5 Å². The van der Waals surface area contributed by atoms with E-state index in [2.05, 4.69) is 5.32 Å². The zero-order valence-electron chi connectivity index (χ0n) is 17.7. The first kappa shape index (κ1) is 20.9. The van der Waals surface area contributed by atoms with Crippen LogP contribution in [-0.2, 0) is 4.74 Å². The number of nitrogens with one attached hydrogen (secondary N) is 1. The Bertz CT molecular complexity index is 1000. The molecule has 30 heavy (non-hydrogen) atoms. The molecule has 1 aromatic heterocycles. The molecule has 2 saturated heterocycles. The summed E-state index contributed by atoms with van der Waals surface area (Å²) in [6.07, 6.45) is 1.64. The molecule has 1 amide bonds. The molecule has 2 aliphatic rings. The van der Waals surface area contributed by atoms with E-state index in [1.165, 1.54) is 0 Å². The summed E-state index contributed by atoms with van der Waals surface area (Å²) in [5.41, 5.74) is -0.0919. The lowest BCUT2D eigenvalue weighted by Gasteiger charge is -2.38. The topological polar surface area (TPSA) is 79.7 Å². The minimum atomic E-state index is -0.536. The van der Waals surface area contributed by atoms with Crippen LogP contribution in [0.15, 0.2) is 23.0 Å². The Morgan fingerprint density at radius 2 is 1.97 bits per heavy atom. The fourth-order valence-corrected chi connectivity index (χ4v) is 4.26. The largest absolute Gasteiger partial charge is 0.444 e. The third kappa shape index (κ3) is 4.11. The maximum absolute atomic E-state index is 13.5. The Balaban J connectivity index is 1.66. The van der Waals surface area contributed by atoms with Crippen LogP contribution in [-0.4, -0.2) is 59.0 Å². The van der Waals surface area contributed by atoms with Crippen LogP contribution in [0, 0.1) is 0 Å². The van der Waals surface area contributed by atoms with Gasteiger partial charge in [-0.25, -0.2) is 14.5 Å². The fourth-order valence-electron chi connectivity index (χ4n) is 4.01. The van der Waals surface area contributed by atoms with E-state index in [1.807, 2.05) is 37.9 Å². The van der Waals surface area contributed by atoms with Crippen LogP contribution in [0.2, 0.25) is 5.02 Å². The molecule has 8 nitrogen and oxygen atoms in total. The molecule has 2 aromatic rings. The molecule has 0 spiro atoms. The van der Waals surface area contributed by atoms with Crippen molar-refractivity contribution in [2.24, 2.45) is 0 Å². The van der Waals surface area contributed by atoms with Crippen LogP contribution in [0.4, 0.5) is 4.79 Å². The van der Waals surface area contributed by atoms with Gasteiger partial charge in [-0.05, 0) is 52.3 Å². The smallest absolute Gasteiger partial charge is 0.410 e. The van der Waals surface area contributed by atoms with E-state index in [4.69, 9.17) is 21.3 Å². The van der Waals surface area contributed by atoms with Gasteiger partial charge in [0.25, 0.3) is 5.56 Å². The number of aromatic nitrogens is 2. The molecule has 2 aliphatic heterocycles.